The number of pyridine rings is 1. The average molecular weight is 580 g/mol. The number of rotatable bonds is 9. The van der Waals surface area contributed by atoms with Crippen molar-refractivity contribution in [3.05, 3.63) is 83.6 Å². The Balaban J connectivity index is 1.47. The van der Waals surface area contributed by atoms with Crippen LogP contribution in [-0.4, -0.2) is 49.8 Å². The van der Waals surface area contributed by atoms with Crippen LogP contribution in [0.4, 0.5) is 22.9 Å². The van der Waals surface area contributed by atoms with Gasteiger partial charge in [-0.1, -0.05) is 45.0 Å². The maximum Gasteiger partial charge on any atom is 0.296 e. The van der Waals surface area contributed by atoms with Crippen LogP contribution < -0.4 is 25.6 Å². The van der Waals surface area contributed by atoms with E-state index in [1.807, 2.05) is 76.2 Å². The molecule has 0 spiro atoms. The number of Topliss-reactive ketones (excluding diaryl/α,β-unsaturated/α-hetero) is 1. The Hall–Kier alpha value is -4.92. The minimum atomic E-state index is -0.825. The second-order valence-corrected chi connectivity index (χ2v) is 12.0. The summed E-state index contributed by atoms with van der Waals surface area (Å²) in [6, 6.07) is 18.4. The number of aromatic nitrogens is 1. The molecule has 43 heavy (non-hydrogen) atoms. The van der Waals surface area contributed by atoms with Crippen LogP contribution in [0.15, 0.2) is 66.9 Å². The van der Waals surface area contributed by atoms with E-state index in [0.717, 1.165) is 41.0 Å². The van der Waals surface area contributed by atoms with Crippen LogP contribution in [0.3, 0.4) is 0 Å². The maximum atomic E-state index is 13.6. The molecule has 1 saturated carbocycles. The Morgan fingerprint density at radius 2 is 1.63 bits per heavy atom. The number of fused-ring (bicyclic) bond motifs is 1. The number of hydrogen-bond acceptors (Lipinski definition) is 7. The van der Waals surface area contributed by atoms with E-state index in [2.05, 4.69) is 20.9 Å². The second-order valence-electron chi connectivity index (χ2n) is 12.0. The molecule has 4 aromatic rings. The second kappa shape index (κ2) is 11.8. The Bertz CT molecular complexity index is 1720. The molecule has 9 heteroatoms. The summed E-state index contributed by atoms with van der Waals surface area (Å²) < 4.78 is 5.62. The van der Waals surface area contributed by atoms with Crippen molar-refractivity contribution < 1.29 is 19.1 Å². The van der Waals surface area contributed by atoms with Gasteiger partial charge in [-0.2, -0.15) is 0 Å². The molecule has 0 unspecified atom stereocenters. The number of carbonyl (C=O) groups excluding carboxylic acids is 3. The fraction of sp³-hybridized carbons (Fsp3) is 0.294. The van der Waals surface area contributed by atoms with Crippen molar-refractivity contribution in [1.29, 1.82) is 0 Å². The molecule has 1 fully saturated rings. The topological polar surface area (TPSA) is 113 Å². The number of methoxy groups -OCH3 is 1. The lowest BCUT2D eigenvalue weighted by atomic mass is 9.85. The average Bonchev–Trinajstić information content (AvgIpc) is 3.80. The van der Waals surface area contributed by atoms with E-state index in [9.17, 15) is 14.4 Å². The molecule has 1 aliphatic rings. The lowest BCUT2D eigenvalue weighted by Crippen LogP contribution is -2.28. The van der Waals surface area contributed by atoms with Crippen LogP contribution in [0.2, 0.25) is 0 Å². The van der Waals surface area contributed by atoms with Gasteiger partial charge in [0.25, 0.3) is 17.6 Å². The van der Waals surface area contributed by atoms with Crippen LogP contribution in [0.1, 0.15) is 59.9 Å². The van der Waals surface area contributed by atoms with E-state index in [4.69, 9.17) is 4.74 Å². The SMILES string of the molecule is COc1c(NC(=O)C(=O)c2ccc(Nc3ccnc(N(C)C)c3)c3ccccc23)cc(C(C)(C)C)cc1C(=O)NC1CC1. The number of ketones is 1. The summed E-state index contributed by atoms with van der Waals surface area (Å²) in [5.74, 6) is -0.779. The molecule has 0 atom stereocenters. The summed E-state index contributed by atoms with van der Waals surface area (Å²) in [4.78, 5) is 46.5. The molecular formula is C34H37N5O4. The van der Waals surface area contributed by atoms with Crippen molar-refractivity contribution in [1.82, 2.24) is 10.3 Å². The van der Waals surface area contributed by atoms with Crippen molar-refractivity contribution >= 4 is 51.3 Å². The Morgan fingerprint density at radius 3 is 2.28 bits per heavy atom. The first-order chi connectivity index (χ1) is 20.5. The van der Waals surface area contributed by atoms with Gasteiger partial charge in [-0.25, -0.2) is 4.98 Å². The van der Waals surface area contributed by atoms with Gasteiger partial charge in [0.05, 0.1) is 18.4 Å². The third-order valence-electron chi connectivity index (χ3n) is 7.42. The lowest BCUT2D eigenvalue weighted by Gasteiger charge is -2.23. The first-order valence-electron chi connectivity index (χ1n) is 14.3. The zero-order valence-corrected chi connectivity index (χ0v) is 25.4. The minimum absolute atomic E-state index is 0.148. The Labute approximate surface area is 251 Å². The van der Waals surface area contributed by atoms with E-state index in [-0.39, 0.29) is 34.4 Å². The summed E-state index contributed by atoms with van der Waals surface area (Å²) in [7, 11) is 5.29. The highest BCUT2D eigenvalue weighted by Gasteiger charge is 2.29. The van der Waals surface area contributed by atoms with Crippen LogP contribution in [-0.2, 0) is 10.2 Å². The van der Waals surface area contributed by atoms with Crippen LogP contribution in [0.5, 0.6) is 5.75 Å². The van der Waals surface area contributed by atoms with Crippen molar-refractivity contribution in [2.45, 2.75) is 45.1 Å². The predicted octanol–water partition coefficient (Wildman–Crippen LogP) is 6.06. The van der Waals surface area contributed by atoms with Gasteiger partial charge in [0.15, 0.2) is 5.75 Å². The van der Waals surface area contributed by atoms with Gasteiger partial charge in [-0.3, -0.25) is 14.4 Å². The summed E-state index contributed by atoms with van der Waals surface area (Å²) in [5.41, 5.74) is 2.98. The first kappa shape index (κ1) is 29.6. The molecule has 0 aliphatic heterocycles. The number of amides is 2. The van der Waals surface area contributed by atoms with E-state index in [1.165, 1.54) is 7.11 Å². The van der Waals surface area contributed by atoms with Crippen LogP contribution >= 0.6 is 0 Å². The molecule has 1 aliphatic carbocycles. The third kappa shape index (κ3) is 6.45. The highest BCUT2D eigenvalue weighted by atomic mass is 16.5. The summed E-state index contributed by atoms with van der Waals surface area (Å²) in [6.45, 7) is 6.05. The molecule has 1 aromatic heterocycles. The molecule has 3 N–H and O–H groups in total. The fourth-order valence-corrected chi connectivity index (χ4v) is 4.84. The predicted molar refractivity (Wildman–Crippen MR) is 171 cm³/mol. The largest absolute Gasteiger partial charge is 0.494 e. The van der Waals surface area contributed by atoms with Crippen molar-refractivity contribution in [2.75, 3.05) is 36.7 Å². The van der Waals surface area contributed by atoms with Gasteiger partial charge >= 0.3 is 0 Å². The molecule has 2 amide bonds. The van der Waals surface area contributed by atoms with Gasteiger partial charge in [0.2, 0.25) is 0 Å². The standard InChI is InChI=1S/C34H37N5O4/c1-34(2,3)20-17-26(32(41)37-21-11-12-21)31(43-6)28(18-20)38-33(42)30(40)25-13-14-27(24-10-8-7-9-23(24)25)36-22-15-16-35-29(19-22)39(4)5/h7-10,13-19,21H,11-12H2,1-6H3,(H,35,36)(H,37,41)(H,38,42). The maximum absolute atomic E-state index is 13.6. The van der Waals surface area contributed by atoms with Gasteiger partial charge in [-0.15, -0.1) is 0 Å². The number of nitrogens with zero attached hydrogens (tertiary/aromatic N) is 2. The molecule has 0 bridgehead atoms. The zero-order valence-electron chi connectivity index (χ0n) is 25.4. The molecule has 5 rings (SSSR count). The van der Waals surface area contributed by atoms with Crippen molar-refractivity contribution in [3.8, 4) is 5.75 Å². The molecule has 9 nitrogen and oxygen atoms in total. The highest BCUT2D eigenvalue weighted by molar-refractivity contribution is 6.48. The molecule has 3 aromatic carbocycles. The number of anilines is 4. The van der Waals surface area contributed by atoms with E-state index < -0.39 is 11.7 Å². The number of ether oxygens (including phenoxy) is 1. The quantitative estimate of drug-likeness (QED) is 0.163. The monoisotopic (exact) mass is 579 g/mol. The molecule has 1 heterocycles. The molecule has 0 radical (unpaired) electrons. The van der Waals surface area contributed by atoms with Crippen LogP contribution in [0, 0.1) is 0 Å². The Morgan fingerprint density at radius 1 is 0.907 bits per heavy atom. The summed E-state index contributed by atoms with van der Waals surface area (Å²) in [5, 5.41) is 10.6. The molecule has 0 saturated heterocycles. The first-order valence-corrected chi connectivity index (χ1v) is 14.3. The number of carbonyl (C=O) groups is 3. The van der Waals surface area contributed by atoms with Crippen molar-refractivity contribution in [3.63, 3.8) is 0 Å². The molecule has 222 valence electrons. The lowest BCUT2D eigenvalue weighted by molar-refractivity contribution is -0.112. The van der Waals surface area contributed by atoms with Gasteiger partial charge < -0.3 is 25.6 Å². The number of benzene rings is 3. The van der Waals surface area contributed by atoms with E-state index in [1.54, 1.807) is 30.5 Å². The van der Waals surface area contributed by atoms with Gasteiger partial charge in [0.1, 0.15) is 5.82 Å². The Kier molecular flexibility index (Phi) is 8.08. The van der Waals surface area contributed by atoms with Crippen molar-refractivity contribution in [2.24, 2.45) is 0 Å². The van der Waals surface area contributed by atoms with Gasteiger partial charge in [0, 0.05) is 54.7 Å². The summed E-state index contributed by atoms with van der Waals surface area (Å²) >= 11 is 0. The van der Waals surface area contributed by atoms with Crippen LogP contribution in [0.25, 0.3) is 10.8 Å². The van der Waals surface area contributed by atoms with Gasteiger partial charge in [-0.05, 0) is 59.5 Å². The summed E-state index contributed by atoms with van der Waals surface area (Å²) in [6.07, 6.45) is 3.60. The molecular weight excluding hydrogens is 542 g/mol. The normalized spacial score (nSPS) is 12.9. The highest BCUT2D eigenvalue weighted by Crippen LogP contribution is 2.36. The smallest absolute Gasteiger partial charge is 0.296 e. The van der Waals surface area contributed by atoms with E-state index in [0.29, 0.717) is 10.9 Å². The number of hydrogen-bond donors (Lipinski definition) is 3. The number of nitrogens with one attached hydrogen (secondary N) is 3. The zero-order chi connectivity index (χ0) is 30.9. The van der Waals surface area contributed by atoms with E-state index >= 15 is 0 Å². The minimum Gasteiger partial charge on any atom is -0.494 e. The fourth-order valence-electron chi connectivity index (χ4n) is 4.84. The third-order valence-corrected chi connectivity index (χ3v) is 7.42.